The summed E-state index contributed by atoms with van der Waals surface area (Å²) >= 11 is 0. The second-order valence-electron chi connectivity index (χ2n) is 5.88. The Bertz CT molecular complexity index is 226. The molecule has 3 heteroatoms. The molecule has 0 aromatic heterocycles. The molecule has 2 unspecified atom stereocenters. The van der Waals surface area contributed by atoms with Crippen molar-refractivity contribution in [1.82, 2.24) is 10.2 Å². The second-order valence-corrected chi connectivity index (χ2v) is 5.88. The van der Waals surface area contributed by atoms with Gasteiger partial charge in [-0.15, -0.1) is 0 Å². The SMILES string of the molecule is CCNCC1(CN2CCC(CC)C2)CCOC1. The summed E-state index contributed by atoms with van der Waals surface area (Å²) in [5.74, 6) is 0.938. The molecular formula is C14H28N2O. The van der Waals surface area contributed by atoms with Crippen LogP contribution in [-0.4, -0.2) is 50.8 Å². The van der Waals surface area contributed by atoms with Crippen LogP contribution in [0.3, 0.4) is 0 Å². The predicted octanol–water partition coefficient (Wildman–Crippen LogP) is 1.73. The summed E-state index contributed by atoms with van der Waals surface area (Å²) in [7, 11) is 0. The highest BCUT2D eigenvalue weighted by Crippen LogP contribution is 2.31. The summed E-state index contributed by atoms with van der Waals surface area (Å²) in [6, 6.07) is 0. The summed E-state index contributed by atoms with van der Waals surface area (Å²) in [5, 5.41) is 3.52. The average Bonchev–Trinajstić information content (AvgIpc) is 2.97. The van der Waals surface area contributed by atoms with Gasteiger partial charge in [0.05, 0.1) is 6.61 Å². The van der Waals surface area contributed by atoms with Crippen molar-refractivity contribution in [3.05, 3.63) is 0 Å². The van der Waals surface area contributed by atoms with Gasteiger partial charge in [-0.25, -0.2) is 0 Å². The van der Waals surface area contributed by atoms with Crippen LogP contribution in [0.5, 0.6) is 0 Å². The molecular weight excluding hydrogens is 212 g/mol. The van der Waals surface area contributed by atoms with Gasteiger partial charge in [-0.3, -0.25) is 0 Å². The fraction of sp³-hybridized carbons (Fsp3) is 1.00. The molecule has 0 amide bonds. The highest BCUT2D eigenvalue weighted by atomic mass is 16.5. The van der Waals surface area contributed by atoms with Crippen LogP contribution in [0.4, 0.5) is 0 Å². The zero-order chi connectivity index (χ0) is 12.1. The number of rotatable bonds is 6. The minimum Gasteiger partial charge on any atom is -0.381 e. The number of nitrogens with one attached hydrogen (secondary N) is 1. The molecule has 0 radical (unpaired) electrons. The van der Waals surface area contributed by atoms with Crippen LogP contribution in [0.2, 0.25) is 0 Å². The van der Waals surface area contributed by atoms with Gasteiger partial charge in [0.1, 0.15) is 0 Å². The minimum absolute atomic E-state index is 0.388. The molecule has 2 saturated heterocycles. The molecule has 0 aliphatic carbocycles. The lowest BCUT2D eigenvalue weighted by Gasteiger charge is -2.32. The van der Waals surface area contributed by atoms with E-state index in [2.05, 4.69) is 24.1 Å². The van der Waals surface area contributed by atoms with Crippen LogP contribution < -0.4 is 5.32 Å². The van der Waals surface area contributed by atoms with E-state index < -0.39 is 0 Å². The van der Waals surface area contributed by atoms with Gasteiger partial charge in [0.25, 0.3) is 0 Å². The average molecular weight is 240 g/mol. The van der Waals surface area contributed by atoms with Crippen molar-refractivity contribution < 1.29 is 4.74 Å². The van der Waals surface area contributed by atoms with E-state index in [4.69, 9.17) is 4.74 Å². The molecule has 2 heterocycles. The van der Waals surface area contributed by atoms with Gasteiger partial charge in [0.2, 0.25) is 0 Å². The smallest absolute Gasteiger partial charge is 0.0547 e. The summed E-state index contributed by atoms with van der Waals surface area (Å²) in [6.07, 6.45) is 3.97. The monoisotopic (exact) mass is 240 g/mol. The van der Waals surface area contributed by atoms with Gasteiger partial charge in [-0.05, 0) is 31.8 Å². The summed E-state index contributed by atoms with van der Waals surface area (Å²) in [6.45, 7) is 12.4. The molecule has 3 nitrogen and oxygen atoms in total. The standard InChI is InChI=1S/C14H28N2O/c1-3-13-5-7-16(9-13)11-14(10-15-4-2)6-8-17-12-14/h13,15H,3-12H2,1-2H3. The Morgan fingerprint density at radius 3 is 2.88 bits per heavy atom. The Balaban J connectivity index is 1.85. The van der Waals surface area contributed by atoms with Gasteiger partial charge in [0.15, 0.2) is 0 Å². The van der Waals surface area contributed by atoms with E-state index in [1.807, 2.05) is 0 Å². The van der Waals surface area contributed by atoms with E-state index in [0.717, 1.165) is 32.2 Å². The highest BCUT2D eigenvalue weighted by Gasteiger charge is 2.37. The third-order valence-electron chi connectivity index (χ3n) is 4.44. The predicted molar refractivity (Wildman–Crippen MR) is 71.3 cm³/mol. The van der Waals surface area contributed by atoms with Crippen molar-refractivity contribution in [2.75, 3.05) is 45.9 Å². The van der Waals surface area contributed by atoms with Crippen LogP contribution in [0.15, 0.2) is 0 Å². The zero-order valence-electron chi connectivity index (χ0n) is 11.5. The fourth-order valence-electron chi connectivity index (χ4n) is 3.22. The molecule has 0 aromatic carbocycles. The molecule has 2 rings (SSSR count). The minimum atomic E-state index is 0.388. The largest absolute Gasteiger partial charge is 0.381 e. The van der Waals surface area contributed by atoms with Crippen molar-refractivity contribution in [3.63, 3.8) is 0 Å². The lowest BCUT2D eigenvalue weighted by atomic mass is 9.86. The summed E-state index contributed by atoms with van der Waals surface area (Å²) in [4.78, 5) is 2.67. The van der Waals surface area contributed by atoms with Gasteiger partial charge in [-0.1, -0.05) is 20.3 Å². The van der Waals surface area contributed by atoms with E-state index in [-0.39, 0.29) is 0 Å². The molecule has 0 saturated carbocycles. The van der Waals surface area contributed by atoms with Crippen molar-refractivity contribution in [1.29, 1.82) is 0 Å². The van der Waals surface area contributed by atoms with Gasteiger partial charge in [-0.2, -0.15) is 0 Å². The van der Waals surface area contributed by atoms with Crippen molar-refractivity contribution in [2.24, 2.45) is 11.3 Å². The van der Waals surface area contributed by atoms with Crippen molar-refractivity contribution in [3.8, 4) is 0 Å². The number of likely N-dealkylation sites (tertiary alicyclic amines) is 1. The Morgan fingerprint density at radius 2 is 2.29 bits per heavy atom. The molecule has 0 spiro atoms. The maximum absolute atomic E-state index is 5.65. The highest BCUT2D eigenvalue weighted by molar-refractivity contribution is 4.90. The first-order valence-corrected chi connectivity index (χ1v) is 7.29. The topological polar surface area (TPSA) is 24.5 Å². The van der Waals surface area contributed by atoms with Crippen LogP contribution in [0, 0.1) is 11.3 Å². The van der Waals surface area contributed by atoms with Crippen molar-refractivity contribution >= 4 is 0 Å². The molecule has 2 aliphatic rings. The van der Waals surface area contributed by atoms with E-state index in [1.165, 1.54) is 38.9 Å². The first-order chi connectivity index (χ1) is 8.28. The lowest BCUT2D eigenvalue weighted by molar-refractivity contribution is 0.117. The third-order valence-corrected chi connectivity index (χ3v) is 4.44. The van der Waals surface area contributed by atoms with Gasteiger partial charge >= 0.3 is 0 Å². The molecule has 0 bridgehead atoms. The Labute approximate surface area is 106 Å². The maximum atomic E-state index is 5.65. The number of hydrogen-bond donors (Lipinski definition) is 1. The van der Waals surface area contributed by atoms with E-state index in [1.54, 1.807) is 0 Å². The summed E-state index contributed by atoms with van der Waals surface area (Å²) in [5.41, 5.74) is 0.388. The molecule has 2 aliphatic heterocycles. The zero-order valence-corrected chi connectivity index (χ0v) is 11.5. The summed E-state index contributed by atoms with van der Waals surface area (Å²) < 4.78 is 5.65. The van der Waals surface area contributed by atoms with E-state index >= 15 is 0 Å². The van der Waals surface area contributed by atoms with Crippen LogP contribution in [0.25, 0.3) is 0 Å². The van der Waals surface area contributed by atoms with Gasteiger partial charge < -0.3 is 15.0 Å². The van der Waals surface area contributed by atoms with Crippen LogP contribution >= 0.6 is 0 Å². The van der Waals surface area contributed by atoms with E-state index in [9.17, 15) is 0 Å². The molecule has 2 fully saturated rings. The normalized spacial score (nSPS) is 34.6. The molecule has 100 valence electrons. The Kier molecular flexibility index (Phi) is 4.83. The number of nitrogens with zero attached hydrogens (tertiary/aromatic N) is 1. The number of hydrogen-bond acceptors (Lipinski definition) is 3. The fourth-order valence-corrected chi connectivity index (χ4v) is 3.22. The second kappa shape index (κ2) is 6.17. The van der Waals surface area contributed by atoms with Gasteiger partial charge in [0, 0.05) is 31.7 Å². The first-order valence-electron chi connectivity index (χ1n) is 7.29. The molecule has 1 N–H and O–H groups in total. The van der Waals surface area contributed by atoms with Crippen LogP contribution in [-0.2, 0) is 4.74 Å². The number of ether oxygens (including phenoxy) is 1. The van der Waals surface area contributed by atoms with E-state index in [0.29, 0.717) is 5.41 Å². The molecule has 2 atom stereocenters. The maximum Gasteiger partial charge on any atom is 0.0547 e. The molecule has 0 aromatic rings. The molecule has 17 heavy (non-hydrogen) atoms. The Morgan fingerprint density at radius 1 is 1.41 bits per heavy atom. The first kappa shape index (κ1) is 13.3. The van der Waals surface area contributed by atoms with Crippen molar-refractivity contribution in [2.45, 2.75) is 33.1 Å². The lowest BCUT2D eigenvalue weighted by Crippen LogP contribution is -2.44. The van der Waals surface area contributed by atoms with Crippen LogP contribution in [0.1, 0.15) is 33.1 Å². The third kappa shape index (κ3) is 3.43. The Hall–Kier alpha value is -0.120. The quantitative estimate of drug-likeness (QED) is 0.765.